The van der Waals surface area contributed by atoms with Gasteiger partial charge in [-0.05, 0) is 49.8 Å². The summed E-state index contributed by atoms with van der Waals surface area (Å²) >= 11 is 0. The van der Waals surface area contributed by atoms with Crippen LogP contribution in [0.15, 0.2) is 18.2 Å². The molecule has 1 saturated carbocycles. The Labute approximate surface area is 108 Å². The lowest BCUT2D eigenvalue weighted by Crippen LogP contribution is -2.35. The molecule has 98 valence electrons. The third-order valence-corrected chi connectivity index (χ3v) is 4.03. The number of benzene rings is 1. The first-order valence-electron chi connectivity index (χ1n) is 6.59. The van der Waals surface area contributed by atoms with Crippen molar-refractivity contribution < 1.29 is 9.18 Å². The molecule has 0 bridgehead atoms. The number of halogens is 1. The van der Waals surface area contributed by atoms with Gasteiger partial charge in [-0.15, -0.1) is 0 Å². The van der Waals surface area contributed by atoms with Crippen molar-refractivity contribution in [3.8, 4) is 0 Å². The molecule has 0 aromatic heterocycles. The van der Waals surface area contributed by atoms with E-state index in [0.29, 0.717) is 11.6 Å². The fourth-order valence-corrected chi connectivity index (χ4v) is 2.77. The molecule has 0 aliphatic heterocycles. The van der Waals surface area contributed by atoms with Crippen LogP contribution >= 0.6 is 0 Å². The number of aldehydes is 1. The van der Waals surface area contributed by atoms with Crippen LogP contribution in [0.25, 0.3) is 0 Å². The second kappa shape index (κ2) is 5.51. The normalized spacial score (nSPS) is 23.7. The Bertz CT molecular complexity index is 425. The highest BCUT2D eigenvalue weighted by Gasteiger charge is 2.23. The van der Waals surface area contributed by atoms with Gasteiger partial charge in [0.2, 0.25) is 0 Å². The van der Waals surface area contributed by atoms with Gasteiger partial charge in [-0.2, -0.15) is 0 Å². The molecule has 0 heterocycles. The van der Waals surface area contributed by atoms with Crippen LogP contribution in [-0.2, 0) is 0 Å². The summed E-state index contributed by atoms with van der Waals surface area (Å²) in [6.45, 7) is 2.28. The van der Waals surface area contributed by atoms with E-state index in [1.54, 1.807) is 6.07 Å². The third kappa shape index (κ3) is 2.71. The van der Waals surface area contributed by atoms with Crippen LogP contribution < -0.4 is 4.90 Å². The van der Waals surface area contributed by atoms with Gasteiger partial charge in [0.05, 0.1) is 0 Å². The lowest BCUT2D eigenvalue weighted by atomic mass is 9.86. The maximum atomic E-state index is 13.1. The average Bonchev–Trinajstić information content (AvgIpc) is 2.38. The van der Waals surface area contributed by atoms with Gasteiger partial charge in [-0.25, -0.2) is 4.39 Å². The Balaban J connectivity index is 2.17. The summed E-state index contributed by atoms with van der Waals surface area (Å²) in [6, 6.07) is 4.90. The van der Waals surface area contributed by atoms with E-state index in [1.165, 1.54) is 25.0 Å². The van der Waals surface area contributed by atoms with Gasteiger partial charge in [0.25, 0.3) is 0 Å². The Morgan fingerprint density at radius 3 is 2.56 bits per heavy atom. The number of carbonyl (C=O) groups is 1. The van der Waals surface area contributed by atoms with Crippen molar-refractivity contribution >= 4 is 12.0 Å². The molecular weight excluding hydrogens is 229 g/mol. The van der Waals surface area contributed by atoms with Crippen LogP contribution in [0.4, 0.5) is 10.1 Å². The lowest BCUT2D eigenvalue weighted by Gasteiger charge is -2.35. The fraction of sp³-hybridized carbons (Fsp3) is 0.533. The van der Waals surface area contributed by atoms with E-state index in [1.807, 2.05) is 7.05 Å². The van der Waals surface area contributed by atoms with E-state index in [0.717, 1.165) is 30.7 Å². The summed E-state index contributed by atoms with van der Waals surface area (Å²) in [6.07, 6.45) is 5.49. The highest BCUT2D eigenvalue weighted by molar-refractivity contribution is 5.84. The maximum Gasteiger partial charge on any atom is 0.152 e. The number of rotatable bonds is 3. The molecule has 0 unspecified atom stereocenters. The van der Waals surface area contributed by atoms with E-state index in [-0.39, 0.29) is 5.82 Å². The zero-order valence-corrected chi connectivity index (χ0v) is 11.0. The largest absolute Gasteiger partial charge is 0.371 e. The Morgan fingerprint density at radius 1 is 1.28 bits per heavy atom. The van der Waals surface area contributed by atoms with Crippen LogP contribution in [0.1, 0.15) is 43.0 Å². The Hall–Kier alpha value is -1.38. The summed E-state index contributed by atoms with van der Waals surface area (Å²) in [5.74, 6) is 0.444. The van der Waals surface area contributed by atoms with Gasteiger partial charge in [0.1, 0.15) is 5.82 Å². The molecular formula is C15H20FNO. The highest BCUT2D eigenvalue weighted by Crippen LogP contribution is 2.30. The summed E-state index contributed by atoms with van der Waals surface area (Å²) in [7, 11) is 2.00. The molecule has 0 spiro atoms. The zero-order chi connectivity index (χ0) is 13.1. The van der Waals surface area contributed by atoms with Crippen molar-refractivity contribution in [2.24, 2.45) is 5.92 Å². The Morgan fingerprint density at radius 2 is 1.94 bits per heavy atom. The first-order chi connectivity index (χ1) is 8.61. The summed E-state index contributed by atoms with van der Waals surface area (Å²) < 4.78 is 13.1. The molecule has 3 heteroatoms. The van der Waals surface area contributed by atoms with Crippen molar-refractivity contribution in [1.29, 1.82) is 0 Å². The standard InChI is InChI=1S/C15H20FNO/c1-11-3-6-14(7-4-11)17(2)15-8-5-13(16)9-12(15)10-18/h5,8-11,14H,3-4,6-7H2,1-2H3. The predicted octanol–water partition coefficient (Wildman–Crippen LogP) is 3.65. The van der Waals surface area contributed by atoms with Gasteiger partial charge in [0, 0.05) is 24.3 Å². The third-order valence-electron chi connectivity index (χ3n) is 4.03. The number of nitrogens with zero attached hydrogens (tertiary/aromatic N) is 1. The van der Waals surface area contributed by atoms with Crippen molar-refractivity contribution in [3.63, 3.8) is 0 Å². The lowest BCUT2D eigenvalue weighted by molar-refractivity contribution is 0.112. The molecule has 1 fully saturated rings. The zero-order valence-electron chi connectivity index (χ0n) is 11.0. The molecule has 0 radical (unpaired) electrons. The van der Waals surface area contributed by atoms with Crippen molar-refractivity contribution in [2.75, 3.05) is 11.9 Å². The predicted molar refractivity (Wildman–Crippen MR) is 71.6 cm³/mol. The molecule has 1 aromatic rings. The second-order valence-electron chi connectivity index (χ2n) is 5.35. The van der Waals surface area contributed by atoms with Gasteiger partial charge in [-0.3, -0.25) is 4.79 Å². The van der Waals surface area contributed by atoms with E-state index in [4.69, 9.17) is 0 Å². The average molecular weight is 249 g/mol. The monoisotopic (exact) mass is 249 g/mol. The molecule has 18 heavy (non-hydrogen) atoms. The minimum atomic E-state index is -0.355. The molecule has 1 aliphatic rings. The number of hydrogen-bond donors (Lipinski definition) is 0. The van der Waals surface area contributed by atoms with Gasteiger partial charge >= 0.3 is 0 Å². The fourth-order valence-electron chi connectivity index (χ4n) is 2.77. The smallest absolute Gasteiger partial charge is 0.152 e. The summed E-state index contributed by atoms with van der Waals surface area (Å²) in [4.78, 5) is 13.2. The molecule has 0 amide bonds. The number of carbonyl (C=O) groups excluding carboxylic acids is 1. The van der Waals surface area contributed by atoms with E-state index < -0.39 is 0 Å². The molecule has 1 aliphatic carbocycles. The topological polar surface area (TPSA) is 20.3 Å². The van der Waals surface area contributed by atoms with E-state index >= 15 is 0 Å². The molecule has 1 aromatic carbocycles. The summed E-state index contributed by atoms with van der Waals surface area (Å²) in [5, 5.41) is 0. The van der Waals surface area contributed by atoms with E-state index in [9.17, 15) is 9.18 Å². The number of anilines is 1. The van der Waals surface area contributed by atoms with Crippen LogP contribution in [0, 0.1) is 11.7 Å². The van der Waals surface area contributed by atoms with Crippen molar-refractivity contribution in [2.45, 2.75) is 38.6 Å². The first kappa shape index (κ1) is 13.1. The van der Waals surface area contributed by atoms with Crippen LogP contribution in [0.5, 0.6) is 0 Å². The van der Waals surface area contributed by atoms with Crippen LogP contribution in [-0.4, -0.2) is 19.4 Å². The molecule has 0 saturated heterocycles. The molecule has 2 rings (SSSR count). The Kier molecular flexibility index (Phi) is 4.00. The SMILES string of the molecule is CC1CCC(N(C)c2ccc(F)cc2C=O)CC1. The molecule has 0 N–H and O–H groups in total. The quantitative estimate of drug-likeness (QED) is 0.762. The van der Waals surface area contributed by atoms with Gasteiger partial charge < -0.3 is 4.90 Å². The van der Waals surface area contributed by atoms with E-state index in [2.05, 4.69) is 11.8 Å². The number of hydrogen-bond acceptors (Lipinski definition) is 2. The minimum Gasteiger partial charge on any atom is -0.371 e. The highest BCUT2D eigenvalue weighted by atomic mass is 19.1. The summed E-state index contributed by atoms with van der Waals surface area (Å²) in [5.41, 5.74) is 1.28. The van der Waals surface area contributed by atoms with Crippen molar-refractivity contribution in [3.05, 3.63) is 29.6 Å². The van der Waals surface area contributed by atoms with Crippen LogP contribution in [0.3, 0.4) is 0 Å². The van der Waals surface area contributed by atoms with Crippen LogP contribution in [0.2, 0.25) is 0 Å². The van der Waals surface area contributed by atoms with Crippen molar-refractivity contribution in [1.82, 2.24) is 0 Å². The van der Waals surface area contributed by atoms with Gasteiger partial charge in [-0.1, -0.05) is 6.92 Å². The molecule has 2 nitrogen and oxygen atoms in total. The minimum absolute atomic E-state index is 0.355. The first-order valence-corrected chi connectivity index (χ1v) is 6.59. The van der Waals surface area contributed by atoms with Gasteiger partial charge in [0.15, 0.2) is 6.29 Å². The second-order valence-corrected chi connectivity index (χ2v) is 5.35. The molecule has 0 atom stereocenters. The maximum absolute atomic E-state index is 13.1.